The molecule has 5 aromatic rings. The Hall–Kier alpha value is -3.91. The second-order valence-corrected chi connectivity index (χ2v) is 8.44. The highest BCUT2D eigenvalue weighted by Gasteiger charge is 2.14. The second kappa shape index (κ2) is 7.65. The Balaban J connectivity index is 1.46. The summed E-state index contributed by atoms with van der Waals surface area (Å²) in [4.78, 5) is 13.7. The third-order valence-electron chi connectivity index (χ3n) is 5.10. The standard InChI is InChI=1S/C24H24N6O2/c1-24(2,31)14-32-18-7-5-17(6-8-18)27-22-23-25-10-11-30(23)13-20(28-22)16-4-9-19-21(12-16)29(3)15-26-19/h4-13,15,31H,14H2,1-3H3,(H,27,28). The Morgan fingerprint density at radius 3 is 2.69 bits per heavy atom. The van der Waals surface area contributed by atoms with Gasteiger partial charge in [0.05, 0.1) is 28.7 Å². The van der Waals surface area contributed by atoms with Crippen LogP contribution in [0.15, 0.2) is 67.4 Å². The highest BCUT2D eigenvalue weighted by Crippen LogP contribution is 2.27. The lowest BCUT2D eigenvalue weighted by atomic mass is 10.1. The van der Waals surface area contributed by atoms with Gasteiger partial charge in [-0.25, -0.2) is 15.0 Å². The van der Waals surface area contributed by atoms with E-state index >= 15 is 0 Å². The van der Waals surface area contributed by atoms with Gasteiger partial charge in [-0.3, -0.25) is 0 Å². The maximum atomic E-state index is 9.83. The molecule has 3 heterocycles. The molecule has 0 radical (unpaired) electrons. The second-order valence-electron chi connectivity index (χ2n) is 8.44. The first-order valence-electron chi connectivity index (χ1n) is 10.3. The van der Waals surface area contributed by atoms with Crippen molar-refractivity contribution >= 4 is 28.2 Å². The predicted octanol–water partition coefficient (Wildman–Crippen LogP) is 4.18. The molecule has 32 heavy (non-hydrogen) atoms. The van der Waals surface area contributed by atoms with Crippen LogP contribution < -0.4 is 10.1 Å². The van der Waals surface area contributed by atoms with E-state index in [9.17, 15) is 5.11 Å². The topological polar surface area (TPSA) is 89.5 Å². The highest BCUT2D eigenvalue weighted by atomic mass is 16.5. The van der Waals surface area contributed by atoms with E-state index in [1.54, 1.807) is 20.0 Å². The average Bonchev–Trinajstić information content (AvgIpc) is 3.39. The number of aromatic nitrogens is 5. The Bertz CT molecular complexity index is 1400. The summed E-state index contributed by atoms with van der Waals surface area (Å²) in [5.41, 5.74) is 4.53. The van der Waals surface area contributed by atoms with Gasteiger partial charge in [0.2, 0.25) is 0 Å². The maximum Gasteiger partial charge on any atom is 0.180 e. The van der Waals surface area contributed by atoms with E-state index in [4.69, 9.17) is 9.72 Å². The van der Waals surface area contributed by atoms with Crippen LogP contribution in [0, 0.1) is 0 Å². The number of imidazole rings is 2. The van der Waals surface area contributed by atoms with Crippen molar-refractivity contribution in [2.75, 3.05) is 11.9 Å². The smallest absolute Gasteiger partial charge is 0.180 e. The lowest BCUT2D eigenvalue weighted by Crippen LogP contribution is -2.27. The summed E-state index contributed by atoms with van der Waals surface area (Å²) in [7, 11) is 1.98. The van der Waals surface area contributed by atoms with E-state index in [0.29, 0.717) is 11.6 Å². The van der Waals surface area contributed by atoms with Gasteiger partial charge in [-0.2, -0.15) is 0 Å². The largest absolute Gasteiger partial charge is 0.491 e. The van der Waals surface area contributed by atoms with Crippen molar-refractivity contribution in [2.24, 2.45) is 7.05 Å². The van der Waals surface area contributed by atoms with Crippen LogP contribution in [0.2, 0.25) is 0 Å². The van der Waals surface area contributed by atoms with Gasteiger partial charge in [-0.05, 0) is 50.2 Å². The Labute approximate surface area is 185 Å². The minimum Gasteiger partial charge on any atom is -0.491 e. The number of hydrogen-bond donors (Lipinski definition) is 2. The number of benzene rings is 2. The molecule has 0 aliphatic carbocycles. The first-order valence-corrected chi connectivity index (χ1v) is 10.3. The van der Waals surface area contributed by atoms with Crippen molar-refractivity contribution < 1.29 is 9.84 Å². The molecule has 0 saturated carbocycles. The molecule has 8 nitrogen and oxygen atoms in total. The third kappa shape index (κ3) is 4.00. The van der Waals surface area contributed by atoms with Crippen LogP contribution >= 0.6 is 0 Å². The van der Waals surface area contributed by atoms with E-state index in [1.807, 2.05) is 71.1 Å². The van der Waals surface area contributed by atoms with Crippen LogP contribution in [0.1, 0.15) is 13.8 Å². The Kier molecular flexibility index (Phi) is 4.79. The number of rotatable bonds is 6. The Morgan fingerprint density at radius 1 is 1.09 bits per heavy atom. The molecule has 5 rings (SSSR count). The molecule has 3 aromatic heterocycles. The summed E-state index contributed by atoms with van der Waals surface area (Å²) in [5.74, 6) is 1.34. The zero-order chi connectivity index (χ0) is 22.3. The van der Waals surface area contributed by atoms with Crippen molar-refractivity contribution in [1.29, 1.82) is 0 Å². The van der Waals surface area contributed by atoms with E-state index in [2.05, 4.69) is 21.4 Å². The zero-order valence-corrected chi connectivity index (χ0v) is 18.1. The van der Waals surface area contributed by atoms with E-state index in [0.717, 1.165) is 33.6 Å². The van der Waals surface area contributed by atoms with Crippen LogP contribution in [0.4, 0.5) is 11.5 Å². The number of aryl methyl sites for hydroxylation is 1. The maximum absolute atomic E-state index is 9.83. The van der Waals surface area contributed by atoms with Crippen molar-refractivity contribution in [2.45, 2.75) is 19.4 Å². The molecule has 8 heteroatoms. The van der Waals surface area contributed by atoms with Gasteiger partial charge in [-0.1, -0.05) is 6.07 Å². The van der Waals surface area contributed by atoms with E-state index < -0.39 is 5.60 Å². The quantitative estimate of drug-likeness (QED) is 0.422. The minimum atomic E-state index is -0.883. The van der Waals surface area contributed by atoms with Crippen molar-refractivity contribution in [3.63, 3.8) is 0 Å². The summed E-state index contributed by atoms with van der Waals surface area (Å²) in [6, 6.07) is 13.7. The predicted molar refractivity (Wildman–Crippen MR) is 124 cm³/mol. The molecule has 162 valence electrons. The van der Waals surface area contributed by atoms with Crippen molar-refractivity contribution in [3.8, 4) is 17.0 Å². The van der Waals surface area contributed by atoms with Gasteiger partial charge in [-0.15, -0.1) is 0 Å². The number of anilines is 2. The molecule has 0 unspecified atom stereocenters. The molecule has 0 spiro atoms. The molecule has 0 amide bonds. The molecule has 0 aliphatic rings. The lowest BCUT2D eigenvalue weighted by molar-refractivity contribution is 0.0285. The molecule has 0 aliphatic heterocycles. The van der Waals surface area contributed by atoms with Crippen LogP contribution in [-0.4, -0.2) is 41.2 Å². The fraction of sp³-hybridized carbons (Fsp3) is 0.208. The number of aliphatic hydroxyl groups is 1. The zero-order valence-electron chi connectivity index (χ0n) is 18.1. The summed E-state index contributed by atoms with van der Waals surface area (Å²) in [6.07, 6.45) is 7.44. The number of fused-ring (bicyclic) bond motifs is 2. The summed E-state index contributed by atoms with van der Waals surface area (Å²) in [5, 5.41) is 13.2. The Morgan fingerprint density at radius 2 is 1.91 bits per heavy atom. The highest BCUT2D eigenvalue weighted by molar-refractivity contribution is 5.82. The molecule has 0 atom stereocenters. The number of ether oxygens (including phenoxy) is 1. The van der Waals surface area contributed by atoms with Crippen LogP contribution in [0.3, 0.4) is 0 Å². The first kappa shape index (κ1) is 20.0. The SMILES string of the molecule is Cn1cnc2ccc(-c3cn4ccnc4c(Nc4ccc(OCC(C)(C)O)cc4)n3)cc21. The fourth-order valence-electron chi connectivity index (χ4n) is 3.47. The van der Waals surface area contributed by atoms with Crippen LogP contribution in [0.25, 0.3) is 27.9 Å². The van der Waals surface area contributed by atoms with E-state index in [-0.39, 0.29) is 6.61 Å². The van der Waals surface area contributed by atoms with Gasteiger partial charge in [0.1, 0.15) is 12.4 Å². The monoisotopic (exact) mass is 428 g/mol. The fourth-order valence-corrected chi connectivity index (χ4v) is 3.47. The summed E-state index contributed by atoms with van der Waals surface area (Å²) in [6.45, 7) is 3.64. The third-order valence-corrected chi connectivity index (χ3v) is 5.10. The summed E-state index contributed by atoms with van der Waals surface area (Å²) < 4.78 is 9.58. The minimum absolute atomic E-state index is 0.221. The number of nitrogens with zero attached hydrogens (tertiary/aromatic N) is 5. The molecular formula is C24H24N6O2. The molecule has 0 bridgehead atoms. The molecule has 2 aromatic carbocycles. The molecular weight excluding hydrogens is 404 g/mol. The lowest BCUT2D eigenvalue weighted by Gasteiger charge is -2.18. The van der Waals surface area contributed by atoms with Gasteiger partial charge in [0.25, 0.3) is 0 Å². The molecule has 0 saturated heterocycles. The molecule has 0 fully saturated rings. The van der Waals surface area contributed by atoms with E-state index in [1.165, 1.54) is 0 Å². The normalized spacial score (nSPS) is 11.9. The van der Waals surface area contributed by atoms with Crippen LogP contribution in [0.5, 0.6) is 5.75 Å². The van der Waals surface area contributed by atoms with Gasteiger partial charge in [0, 0.05) is 36.9 Å². The first-order chi connectivity index (χ1) is 15.4. The number of nitrogens with one attached hydrogen (secondary N) is 1. The average molecular weight is 428 g/mol. The van der Waals surface area contributed by atoms with Gasteiger partial charge in [0.15, 0.2) is 11.5 Å². The van der Waals surface area contributed by atoms with Crippen molar-refractivity contribution in [3.05, 3.63) is 67.4 Å². The van der Waals surface area contributed by atoms with Gasteiger partial charge >= 0.3 is 0 Å². The van der Waals surface area contributed by atoms with Gasteiger partial charge < -0.3 is 24.1 Å². The summed E-state index contributed by atoms with van der Waals surface area (Å²) >= 11 is 0. The van der Waals surface area contributed by atoms with Crippen LogP contribution in [-0.2, 0) is 7.05 Å². The number of hydrogen-bond acceptors (Lipinski definition) is 6. The van der Waals surface area contributed by atoms with Crippen molar-refractivity contribution in [1.82, 2.24) is 23.9 Å². The molecule has 2 N–H and O–H groups in total.